The van der Waals surface area contributed by atoms with Gasteiger partial charge >= 0.3 is 5.91 Å². The first-order chi connectivity index (χ1) is 15.7. The van der Waals surface area contributed by atoms with Gasteiger partial charge in [0.15, 0.2) is 0 Å². The van der Waals surface area contributed by atoms with Gasteiger partial charge in [-0.2, -0.15) is 0 Å². The molecule has 0 atom stereocenters. The van der Waals surface area contributed by atoms with E-state index in [1.165, 1.54) is 36.4 Å². The number of amides is 3. The fraction of sp³-hybridized carbons (Fsp3) is 0.0833. The van der Waals surface area contributed by atoms with Gasteiger partial charge in [-0.1, -0.05) is 66.7 Å². The zero-order valence-corrected chi connectivity index (χ0v) is 17.8. The van der Waals surface area contributed by atoms with Crippen molar-refractivity contribution in [1.82, 2.24) is 4.90 Å². The molecule has 3 aromatic carbocycles. The predicted molar refractivity (Wildman–Crippen MR) is 124 cm³/mol. The van der Waals surface area contributed by atoms with Crippen molar-refractivity contribution in [3.8, 4) is 0 Å². The van der Waals surface area contributed by atoms with E-state index in [1.807, 2.05) is 0 Å². The molecule has 33 heavy (non-hydrogen) atoms. The Balaban J connectivity index is 0.000000569. The third-order valence-corrected chi connectivity index (χ3v) is 4.23. The molecule has 0 aliphatic rings. The molecule has 0 aliphatic heterocycles. The number of nitrogens with zero attached hydrogens (tertiary/aromatic N) is 1. The van der Waals surface area contributed by atoms with Crippen molar-refractivity contribution < 1.29 is 19.2 Å². The minimum absolute atomic E-state index is 0.104. The lowest BCUT2D eigenvalue weighted by Gasteiger charge is -2.18. The third-order valence-electron chi connectivity index (χ3n) is 4.23. The summed E-state index contributed by atoms with van der Waals surface area (Å²) in [6.45, 7) is 0.104. The lowest BCUT2D eigenvalue weighted by Crippen LogP contribution is -2.63. The summed E-state index contributed by atoms with van der Waals surface area (Å²) in [4.78, 5) is 51.5. The normalized spacial score (nSPS) is 10.4. The summed E-state index contributed by atoms with van der Waals surface area (Å²) in [6.07, 6.45) is 0. The first-order valence-corrected chi connectivity index (χ1v) is 9.85. The predicted octanol–water partition coefficient (Wildman–Crippen LogP) is 0.854. The maximum absolute atomic E-state index is 12.9. The van der Waals surface area contributed by atoms with Crippen molar-refractivity contribution in [3.63, 3.8) is 0 Å². The van der Waals surface area contributed by atoms with Crippen LogP contribution < -0.4 is 22.9 Å². The smallest absolute Gasteiger partial charge is 0.308 e. The highest BCUT2D eigenvalue weighted by molar-refractivity contribution is 6.48. The third kappa shape index (κ3) is 7.27. The molecule has 8 N–H and O–H groups in total. The Labute approximate surface area is 191 Å². The molecule has 9 heteroatoms. The Bertz CT molecular complexity index is 1050. The molecular formula is C24H25N5O4. The van der Waals surface area contributed by atoms with Crippen molar-refractivity contribution in [2.75, 3.05) is 6.54 Å². The van der Waals surface area contributed by atoms with Crippen LogP contribution in [0.25, 0.3) is 0 Å². The number of rotatable bonds is 5. The van der Waals surface area contributed by atoms with Crippen molar-refractivity contribution in [3.05, 3.63) is 108 Å². The van der Waals surface area contributed by atoms with Gasteiger partial charge in [0.2, 0.25) is 0 Å². The van der Waals surface area contributed by atoms with E-state index in [2.05, 4.69) is 0 Å². The van der Waals surface area contributed by atoms with Gasteiger partial charge in [0.05, 0.1) is 0 Å². The summed E-state index contributed by atoms with van der Waals surface area (Å²) >= 11 is 0. The number of nitrogens with two attached hydrogens (primary N) is 4. The molecule has 3 rings (SSSR count). The summed E-state index contributed by atoms with van der Waals surface area (Å²) in [7, 11) is 0. The highest BCUT2D eigenvalue weighted by atomic mass is 16.2. The number of Topliss-reactive ketones (excluding diaryl/α,β-unsaturated/α-hetero) is 1. The van der Waals surface area contributed by atoms with Crippen LogP contribution in [0.1, 0.15) is 31.1 Å². The molecule has 0 unspecified atom stereocenters. The standard InChI is InChI=1S/C22H15NO4.C2H10N4/c24-19(16-10-4-1-5-11-16)22(27)23(20(25)17-12-6-2-7-13-17)21(26)18-14-8-3-9-15-18;3-1-2(4,5)6/h1-15H;1,3-6H2. The molecule has 0 saturated carbocycles. The quantitative estimate of drug-likeness (QED) is 0.193. The first kappa shape index (κ1) is 25.2. The van der Waals surface area contributed by atoms with Gasteiger partial charge in [0.1, 0.15) is 5.79 Å². The SMILES string of the molecule is NCC(N)(N)N.O=C(C(=O)N(C(=O)c1ccccc1)C(=O)c1ccccc1)c1ccccc1. The molecule has 170 valence electrons. The number of imide groups is 3. The van der Waals surface area contributed by atoms with Gasteiger partial charge < -0.3 is 22.9 Å². The topological polar surface area (TPSA) is 176 Å². The Morgan fingerprint density at radius 2 is 0.909 bits per heavy atom. The summed E-state index contributed by atoms with van der Waals surface area (Å²) in [5.74, 6) is -4.99. The van der Waals surface area contributed by atoms with Gasteiger partial charge in [-0.05, 0) is 24.3 Å². The lowest BCUT2D eigenvalue weighted by atomic mass is 10.1. The largest absolute Gasteiger partial charge is 0.326 e. The number of hydrogen-bond donors (Lipinski definition) is 4. The van der Waals surface area contributed by atoms with E-state index in [-0.39, 0.29) is 23.2 Å². The molecule has 0 aliphatic carbocycles. The van der Waals surface area contributed by atoms with E-state index in [0.29, 0.717) is 4.90 Å². The van der Waals surface area contributed by atoms with E-state index in [9.17, 15) is 19.2 Å². The Hall–Kier alpha value is -4.02. The fourth-order valence-corrected chi connectivity index (χ4v) is 2.51. The molecule has 3 aromatic rings. The molecule has 0 bridgehead atoms. The zero-order chi connectivity index (χ0) is 24.4. The minimum Gasteiger partial charge on any atom is -0.326 e. The van der Waals surface area contributed by atoms with Gasteiger partial charge in [-0.15, -0.1) is 0 Å². The van der Waals surface area contributed by atoms with Crippen LogP contribution in [0.2, 0.25) is 0 Å². The van der Waals surface area contributed by atoms with E-state index in [0.717, 1.165) is 0 Å². The van der Waals surface area contributed by atoms with Gasteiger partial charge in [-0.3, -0.25) is 19.2 Å². The summed E-state index contributed by atoms with van der Waals surface area (Å²) in [5.41, 5.74) is 20.2. The van der Waals surface area contributed by atoms with Crippen molar-refractivity contribution >= 4 is 23.5 Å². The second-order valence-corrected chi connectivity index (χ2v) is 6.99. The van der Waals surface area contributed by atoms with Gasteiger partial charge in [-0.25, -0.2) is 4.90 Å². The molecule has 0 aromatic heterocycles. The maximum atomic E-state index is 12.9. The van der Waals surface area contributed by atoms with Crippen molar-refractivity contribution in [2.45, 2.75) is 5.79 Å². The molecule has 3 amide bonds. The number of hydrogen-bond acceptors (Lipinski definition) is 8. The van der Waals surface area contributed by atoms with Crippen LogP contribution in [0.4, 0.5) is 0 Å². The Morgan fingerprint density at radius 3 is 1.21 bits per heavy atom. The molecule has 0 spiro atoms. The summed E-state index contributed by atoms with van der Waals surface area (Å²) < 4.78 is 0. The number of benzene rings is 3. The summed E-state index contributed by atoms with van der Waals surface area (Å²) in [5, 5.41) is 0. The molecule has 0 saturated heterocycles. The van der Waals surface area contributed by atoms with Crippen LogP contribution in [0.15, 0.2) is 91.0 Å². The number of carbonyl (C=O) groups is 4. The zero-order valence-electron chi connectivity index (χ0n) is 17.8. The molecule has 0 heterocycles. The highest BCUT2D eigenvalue weighted by Gasteiger charge is 2.34. The minimum atomic E-state index is -1.19. The highest BCUT2D eigenvalue weighted by Crippen LogP contribution is 2.13. The van der Waals surface area contributed by atoms with E-state index >= 15 is 0 Å². The fourth-order valence-electron chi connectivity index (χ4n) is 2.51. The Kier molecular flexibility index (Phi) is 8.84. The second kappa shape index (κ2) is 11.6. The van der Waals surface area contributed by atoms with Crippen LogP contribution in [0.5, 0.6) is 0 Å². The Morgan fingerprint density at radius 1 is 0.606 bits per heavy atom. The maximum Gasteiger partial charge on any atom is 0.308 e. The van der Waals surface area contributed by atoms with Crippen LogP contribution in [0.3, 0.4) is 0 Å². The van der Waals surface area contributed by atoms with Crippen LogP contribution in [-0.4, -0.2) is 40.7 Å². The number of ketones is 1. The second-order valence-electron chi connectivity index (χ2n) is 6.99. The van der Waals surface area contributed by atoms with E-state index in [1.54, 1.807) is 54.6 Å². The van der Waals surface area contributed by atoms with Crippen molar-refractivity contribution in [2.24, 2.45) is 22.9 Å². The van der Waals surface area contributed by atoms with Gasteiger partial charge in [0, 0.05) is 23.2 Å². The molecular weight excluding hydrogens is 422 g/mol. The summed E-state index contributed by atoms with van der Waals surface area (Å²) in [6, 6.07) is 23.6. The van der Waals surface area contributed by atoms with Crippen LogP contribution >= 0.6 is 0 Å². The lowest BCUT2D eigenvalue weighted by molar-refractivity contribution is -0.122. The van der Waals surface area contributed by atoms with E-state index in [4.69, 9.17) is 22.9 Å². The van der Waals surface area contributed by atoms with E-state index < -0.39 is 29.3 Å². The molecule has 9 nitrogen and oxygen atoms in total. The first-order valence-electron chi connectivity index (χ1n) is 9.85. The average Bonchev–Trinajstić information content (AvgIpc) is 2.85. The molecule has 0 radical (unpaired) electrons. The van der Waals surface area contributed by atoms with Crippen LogP contribution in [0, 0.1) is 0 Å². The monoisotopic (exact) mass is 447 g/mol. The van der Waals surface area contributed by atoms with Crippen LogP contribution in [-0.2, 0) is 4.79 Å². The number of carbonyl (C=O) groups excluding carboxylic acids is 4. The van der Waals surface area contributed by atoms with Crippen molar-refractivity contribution in [1.29, 1.82) is 0 Å². The molecule has 0 fully saturated rings. The van der Waals surface area contributed by atoms with Gasteiger partial charge in [0.25, 0.3) is 17.6 Å². The average molecular weight is 447 g/mol.